The maximum absolute atomic E-state index is 3.44. The molecule has 2 nitrogen and oxygen atoms in total. The summed E-state index contributed by atoms with van der Waals surface area (Å²) in [5.41, 5.74) is 2.86. The molecule has 0 aliphatic carbocycles. The first kappa shape index (κ1) is 9.91. The van der Waals surface area contributed by atoms with Crippen LogP contribution in [0, 0.1) is 5.92 Å². The molecule has 1 aliphatic rings. The first-order valence-electron chi connectivity index (χ1n) is 6.08. The number of aryl methyl sites for hydroxylation is 1. The minimum Gasteiger partial charge on any atom is -0.350 e. The van der Waals surface area contributed by atoms with Crippen molar-refractivity contribution in [3.05, 3.63) is 36.0 Å². The van der Waals surface area contributed by atoms with Gasteiger partial charge in [-0.3, -0.25) is 0 Å². The van der Waals surface area contributed by atoms with E-state index in [-0.39, 0.29) is 0 Å². The molecule has 1 aromatic carbocycles. The van der Waals surface area contributed by atoms with E-state index < -0.39 is 0 Å². The van der Waals surface area contributed by atoms with Gasteiger partial charge < -0.3 is 9.88 Å². The lowest BCUT2D eigenvalue weighted by Crippen LogP contribution is -2.10. The Morgan fingerprint density at radius 3 is 3.06 bits per heavy atom. The summed E-state index contributed by atoms with van der Waals surface area (Å²) in [6.45, 7) is 2.37. The maximum atomic E-state index is 3.44. The predicted octanol–water partition coefficient (Wildman–Crippen LogP) is 2.33. The van der Waals surface area contributed by atoms with Gasteiger partial charge in [0.05, 0.1) is 0 Å². The number of fused-ring (bicyclic) bond motifs is 1. The van der Waals surface area contributed by atoms with E-state index in [9.17, 15) is 0 Å². The number of hydrogen-bond donors (Lipinski definition) is 1. The molecule has 1 aromatic heterocycles. The number of aromatic nitrogens is 1. The van der Waals surface area contributed by atoms with E-state index in [1.54, 1.807) is 0 Å². The van der Waals surface area contributed by atoms with Crippen molar-refractivity contribution in [1.82, 2.24) is 9.88 Å². The lowest BCUT2D eigenvalue weighted by Gasteiger charge is -2.06. The van der Waals surface area contributed by atoms with Crippen LogP contribution in [0.3, 0.4) is 0 Å². The summed E-state index contributed by atoms with van der Waals surface area (Å²) in [7, 11) is 2.14. The van der Waals surface area contributed by atoms with Crippen LogP contribution >= 0.6 is 0 Å². The Labute approximate surface area is 96.3 Å². The lowest BCUT2D eigenvalue weighted by molar-refractivity contribution is 0.581. The van der Waals surface area contributed by atoms with Crippen molar-refractivity contribution in [2.24, 2.45) is 13.0 Å². The second kappa shape index (κ2) is 3.95. The quantitative estimate of drug-likeness (QED) is 0.812. The Balaban J connectivity index is 1.96. The van der Waals surface area contributed by atoms with Crippen molar-refractivity contribution < 1.29 is 0 Å². The molecule has 2 heterocycles. The third-order valence-corrected chi connectivity index (χ3v) is 3.65. The van der Waals surface area contributed by atoms with Crippen LogP contribution in [0.15, 0.2) is 30.5 Å². The van der Waals surface area contributed by atoms with Gasteiger partial charge in [0.2, 0.25) is 0 Å². The summed E-state index contributed by atoms with van der Waals surface area (Å²) in [6.07, 6.45) is 4.83. The van der Waals surface area contributed by atoms with E-state index in [2.05, 4.69) is 47.4 Å². The van der Waals surface area contributed by atoms with Gasteiger partial charge in [0, 0.05) is 24.1 Å². The van der Waals surface area contributed by atoms with Crippen molar-refractivity contribution in [3.63, 3.8) is 0 Å². The second-order valence-electron chi connectivity index (χ2n) is 4.85. The largest absolute Gasteiger partial charge is 0.350 e. The molecule has 1 fully saturated rings. The van der Waals surface area contributed by atoms with Gasteiger partial charge in [-0.15, -0.1) is 0 Å². The number of benzene rings is 1. The number of hydrogen-bond acceptors (Lipinski definition) is 1. The molecule has 84 valence electrons. The molecule has 0 radical (unpaired) electrons. The summed E-state index contributed by atoms with van der Waals surface area (Å²) in [6, 6.07) is 8.70. The van der Waals surface area contributed by atoms with Gasteiger partial charge in [-0.05, 0) is 43.5 Å². The van der Waals surface area contributed by atoms with Gasteiger partial charge in [0.15, 0.2) is 0 Å². The smallest absolute Gasteiger partial charge is 0.0480 e. The van der Waals surface area contributed by atoms with Crippen LogP contribution in [-0.2, 0) is 13.5 Å². The maximum Gasteiger partial charge on any atom is 0.0480 e. The number of nitrogens with zero attached hydrogens (tertiary/aromatic N) is 1. The van der Waals surface area contributed by atoms with E-state index in [1.165, 1.54) is 42.4 Å². The Morgan fingerprint density at radius 2 is 2.25 bits per heavy atom. The number of rotatable bonds is 2. The van der Waals surface area contributed by atoms with Gasteiger partial charge in [0.25, 0.3) is 0 Å². The summed E-state index contributed by atoms with van der Waals surface area (Å²) in [4.78, 5) is 0. The molecular weight excluding hydrogens is 196 g/mol. The molecule has 1 unspecified atom stereocenters. The molecule has 0 saturated carbocycles. The molecule has 1 saturated heterocycles. The van der Waals surface area contributed by atoms with Crippen LogP contribution in [0.4, 0.5) is 0 Å². The molecule has 16 heavy (non-hydrogen) atoms. The molecule has 1 atom stereocenters. The van der Waals surface area contributed by atoms with Crippen molar-refractivity contribution in [1.29, 1.82) is 0 Å². The molecule has 2 aromatic rings. The van der Waals surface area contributed by atoms with Gasteiger partial charge in [0.1, 0.15) is 0 Å². The zero-order chi connectivity index (χ0) is 11.0. The molecular formula is C14H18N2. The zero-order valence-electron chi connectivity index (χ0n) is 9.74. The highest BCUT2D eigenvalue weighted by Crippen LogP contribution is 2.24. The fourth-order valence-electron chi connectivity index (χ4n) is 2.79. The highest BCUT2D eigenvalue weighted by atomic mass is 14.9. The fraction of sp³-hybridized carbons (Fsp3) is 0.429. The Morgan fingerprint density at radius 1 is 1.38 bits per heavy atom. The molecule has 0 bridgehead atoms. The minimum absolute atomic E-state index is 0.825. The van der Waals surface area contributed by atoms with Gasteiger partial charge >= 0.3 is 0 Å². The third-order valence-electron chi connectivity index (χ3n) is 3.65. The number of nitrogens with one attached hydrogen (secondary N) is 1. The summed E-state index contributed by atoms with van der Waals surface area (Å²) in [5, 5.41) is 4.87. The normalized spacial score (nSPS) is 20.7. The predicted molar refractivity (Wildman–Crippen MR) is 67.6 cm³/mol. The van der Waals surface area contributed by atoms with E-state index in [1.807, 2.05) is 0 Å². The van der Waals surface area contributed by atoms with Crippen LogP contribution in [-0.4, -0.2) is 17.7 Å². The van der Waals surface area contributed by atoms with Gasteiger partial charge in [-0.1, -0.05) is 18.2 Å². The van der Waals surface area contributed by atoms with Crippen LogP contribution in [0.25, 0.3) is 10.9 Å². The molecule has 2 heteroatoms. The molecule has 0 spiro atoms. The highest BCUT2D eigenvalue weighted by Gasteiger charge is 2.17. The van der Waals surface area contributed by atoms with Crippen LogP contribution < -0.4 is 5.32 Å². The molecule has 0 amide bonds. The monoisotopic (exact) mass is 214 g/mol. The van der Waals surface area contributed by atoms with Crippen LogP contribution in [0.2, 0.25) is 0 Å². The van der Waals surface area contributed by atoms with E-state index >= 15 is 0 Å². The first-order chi connectivity index (χ1) is 7.84. The minimum atomic E-state index is 0.825. The van der Waals surface area contributed by atoms with Crippen molar-refractivity contribution >= 4 is 10.9 Å². The van der Waals surface area contributed by atoms with Gasteiger partial charge in [-0.2, -0.15) is 0 Å². The van der Waals surface area contributed by atoms with E-state index in [0.29, 0.717) is 0 Å². The Kier molecular flexibility index (Phi) is 2.44. The Bertz CT molecular complexity index is 492. The average molecular weight is 214 g/mol. The molecule has 1 aliphatic heterocycles. The standard InChI is InChI=1S/C14H18N2/c1-16-10-12(8-11-6-7-15-9-11)13-4-2-3-5-14(13)16/h2-5,10-11,15H,6-9H2,1H3. The second-order valence-corrected chi connectivity index (χ2v) is 4.85. The summed E-state index contributed by atoms with van der Waals surface area (Å²) >= 11 is 0. The lowest BCUT2D eigenvalue weighted by atomic mass is 9.98. The SMILES string of the molecule is Cn1cc(CC2CCNC2)c2ccccc21. The first-order valence-corrected chi connectivity index (χ1v) is 6.08. The molecule has 3 rings (SSSR count). The zero-order valence-corrected chi connectivity index (χ0v) is 9.74. The van der Waals surface area contributed by atoms with Gasteiger partial charge in [-0.25, -0.2) is 0 Å². The van der Waals surface area contributed by atoms with E-state index in [0.717, 1.165) is 5.92 Å². The van der Waals surface area contributed by atoms with Crippen molar-refractivity contribution in [2.45, 2.75) is 12.8 Å². The summed E-state index contributed by atoms with van der Waals surface area (Å²) < 4.78 is 2.24. The highest BCUT2D eigenvalue weighted by molar-refractivity contribution is 5.83. The number of para-hydroxylation sites is 1. The van der Waals surface area contributed by atoms with Crippen molar-refractivity contribution in [3.8, 4) is 0 Å². The Hall–Kier alpha value is -1.28. The average Bonchev–Trinajstić information content (AvgIpc) is 2.90. The molecule has 1 N–H and O–H groups in total. The summed E-state index contributed by atoms with van der Waals surface area (Å²) in [5.74, 6) is 0.825. The van der Waals surface area contributed by atoms with E-state index in [4.69, 9.17) is 0 Å². The van der Waals surface area contributed by atoms with Crippen LogP contribution in [0.1, 0.15) is 12.0 Å². The fourth-order valence-corrected chi connectivity index (χ4v) is 2.79. The third kappa shape index (κ3) is 1.63. The van der Waals surface area contributed by atoms with Crippen molar-refractivity contribution in [2.75, 3.05) is 13.1 Å². The van der Waals surface area contributed by atoms with Crippen LogP contribution in [0.5, 0.6) is 0 Å². The topological polar surface area (TPSA) is 17.0 Å².